The number of ether oxygens (including phenoxy) is 1. The van der Waals surface area contributed by atoms with Gasteiger partial charge in [0.1, 0.15) is 17.4 Å². The molecule has 0 aliphatic heterocycles. The van der Waals surface area contributed by atoms with Gasteiger partial charge in [-0.05, 0) is 49.7 Å². The van der Waals surface area contributed by atoms with Crippen LogP contribution in [0, 0.1) is 6.92 Å². The van der Waals surface area contributed by atoms with Crippen molar-refractivity contribution in [2.45, 2.75) is 52.4 Å². The first-order valence-corrected chi connectivity index (χ1v) is 12.5. The number of carbonyl (C=O) groups excluding carboxylic acids is 2. The summed E-state index contributed by atoms with van der Waals surface area (Å²) < 4.78 is 5.79. The Labute approximate surface area is 212 Å². The van der Waals surface area contributed by atoms with Crippen LogP contribution in [0.2, 0.25) is 0 Å². The van der Waals surface area contributed by atoms with Crippen molar-refractivity contribution < 1.29 is 14.3 Å². The van der Waals surface area contributed by atoms with Crippen molar-refractivity contribution in [2.75, 3.05) is 29.6 Å². The third-order valence-electron chi connectivity index (χ3n) is 5.65. The summed E-state index contributed by atoms with van der Waals surface area (Å²) in [5, 5.41) is 8.37. The lowest BCUT2D eigenvalue weighted by Gasteiger charge is -2.11. The molecule has 1 aromatic heterocycles. The molecule has 2 amide bonds. The number of nitrogens with one attached hydrogen (secondary N) is 3. The standard InChI is InChI=1S/C28H35N5O3/c1-4-5-6-7-8-9-18-36-23-16-14-22(15-17-23)27(35)33-28-31-24(29-3)19-25(32-28)30-26(34)21-12-10-20(2)11-13-21/h10-17,19H,4-9,18H2,1-3H3,(H3,29,30,31,32,33,34,35). The summed E-state index contributed by atoms with van der Waals surface area (Å²) in [6.45, 7) is 4.83. The Morgan fingerprint density at radius 1 is 0.778 bits per heavy atom. The molecule has 3 rings (SSSR count). The molecule has 2 aromatic carbocycles. The zero-order valence-electron chi connectivity index (χ0n) is 21.3. The topological polar surface area (TPSA) is 105 Å². The Morgan fingerprint density at radius 3 is 2.03 bits per heavy atom. The Morgan fingerprint density at radius 2 is 1.36 bits per heavy atom. The number of hydrogen-bond donors (Lipinski definition) is 3. The van der Waals surface area contributed by atoms with Crippen molar-refractivity contribution in [3.8, 4) is 5.75 Å². The van der Waals surface area contributed by atoms with Gasteiger partial charge in [-0.25, -0.2) is 0 Å². The van der Waals surface area contributed by atoms with E-state index in [2.05, 4.69) is 32.8 Å². The van der Waals surface area contributed by atoms with Crippen molar-refractivity contribution >= 4 is 29.4 Å². The van der Waals surface area contributed by atoms with Gasteiger partial charge in [-0.2, -0.15) is 9.97 Å². The highest BCUT2D eigenvalue weighted by Crippen LogP contribution is 2.18. The molecule has 3 N–H and O–H groups in total. The van der Waals surface area contributed by atoms with E-state index in [-0.39, 0.29) is 23.6 Å². The Kier molecular flexibility index (Phi) is 10.2. The molecule has 0 spiro atoms. The monoisotopic (exact) mass is 489 g/mol. The SMILES string of the molecule is CCCCCCCCOc1ccc(C(=O)Nc2nc(NC)cc(NC(=O)c3ccc(C)cc3)n2)cc1. The maximum atomic E-state index is 12.8. The molecule has 0 atom stereocenters. The Balaban J connectivity index is 1.56. The number of hydrogen-bond acceptors (Lipinski definition) is 6. The van der Waals surface area contributed by atoms with Crippen LogP contribution in [0.15, 0.2) is 54.6 Å². The number of aromatic nitrogens is 2. The van der Waals surface area contributed by atoms with E-state index in [1.807, 2.05) is 19.1 Å². The minimum Gasteiger partial charge on any atom is -0.494 e. The number of aryl methyl sites for hydroxylation is 1. The van der Waals surface area contributed by atoms with E-state index in [9.17, 15) is 9.59 Å². The van der Waals surface area contributed by atoms with Crippen LogP contribution in [0.5, 0.6) is 5.75 Å². The number of amides is 2. The molecule has 1 heterocycles. The fourth-order valence-corrected chi connectivity index (χ4v) is 3.54. The van der Waals surface area contributed by atoms with Gasteiger partial charge < -0.3 is 15.4 Å². The normalized spacial score (nSPS) is 10.5. The minimum atomic E-state index is -0.360. The van der Waals surface area contributed by atoms with Gasteiger partial charge in [-0.1, -0.05) is 56.7 Å². The third kappa shape index (κ3) is 8.37. The molecule has 0 fully saturated rings. The van der Waals surface area contributed by atoms with Crippen LogP contribution in [0.1, 0.15) is 71.7 Å². The van der Waals surface area contributed by atoms with Crippen molar-refractivity contribution in [2.24, 2.45) is 0 Å². The lowest BCUT2D eigenvalue weighted by atomic mass is 10.1. The second-order valence-corrected chi connectivity index (χ2v) is 8.63. The number of carbonyl (C=O) groups is 2. The summed E-state index contributed by atoms with van der Waals surface area (Å²) in [5.41, 5.74) is 2.02. The molecular weight excluding hydrogens is 454 g/mol. The van der Waals surface area contributed by atoms with Gasteiger partial charge in [0.05, 0.1) is 6.61 Å². The van der Waals surface area contributed by atoms with Gasteiger partial charge in [0.25, 0.3) is 11.8 Å². The molecule has 0 saturated carbocycles. The summed E-state index contributed by atoms with van der Waals surface area (Å²) in [7, 11) is 1.70. The lowest BCUT2D eigenvalue weighted by molar-refractivity contribution is 0.101. The van der Waals surface area contributed by atoms with Crippen LogP contribution >= 0.6 is 0 Å². The van der Waals surface area contributed by atoms with Crippen LogP contribution in [-0.2, 0) is 0 Å². The van der Waals surface area contributed by atoms with Gasteiger partial charge >= 0.3 is 0 Å². The van der Waals surface area contributed by atoms with Crippen molar-refractivity contribution in [1.82, 2.24) is 9.97 Å². The first-order valence-electron chi connectivity index (χ1n) is 12.5. The zero-order valence-corrected chi connectivity index (χ0v) is 21.3. The number of nitrogens with zero attached hydrogens (tertiary/aromatic N) is 2. The van der Waals surface area contributed by atoms with Crippen LogP contribution in [0.3, 0.4) is 0 Å². The fraction of sp³-hybridized carbons (Fsp3) is 0.357. The zero-order chi connectivity index (χ0) is 25.8. The predicted octanol–water partition coefficient (Wildman–Crippen LogP) is 6.07. The second kappa shape index (κ2) is 13.8. The van der Waals surface area contributed by atoms with Crippen LogP contribution < -0.4 is 20.7 Å². The van der Waals surface area contributed by atoms with E-state index in [1.54, 1.807) is 49.5 Å². The molecule has 0 bridgehead atoms. The molecule has 3 aromatic rings. The van der Waals surface area contributed by atoms with Gasteiger partial charge in [0, 0.05) is 24.2 Å². The van der Waals surface area contributed by atoms with E-state index in [1.165, 1.54) is 32.1 Å². The average Bonchev–Trinajstić information content (AvgIpc) is 2.88. The number of benzene rings is 2. The molecule has 0 saturated heterocycles. The molecule has 0 unspecified atom stereocenters. The van der Waals surface area contributed by atoms with Crippen LogP contribution in [0.25, 0.3) is 0 Å². The smallest absolute Gasteiger partial charge is 0.258 e. The molecule has 0 aliphatic rings. The maximum absolute atomic E-state index is 12.8. The summed E-state index contributed by atoms with van der Waals surface area (Å²) in [6.07, 6.45) is 7.24. The lowest BCUT2D eigenvalue weighted by Crippen LogP contribution is -2.17. The number of unbranched alkanes of at least 4 members (excludes halogenated alkanes) is 5. The predicted molar refractivity (Wildman–Crippen MR) is 144 cm³/mol. The first kappa shape index (κ1) is 26.7. The summed E-state index contributed by atoms with van der Waals surface area (Å²) in [4.78, 5) is 33.9. The summed E-state index contributed by atoms with van der Waals surface area (Å²) in [5.74, 6) is 0.877. The molecule has 36 heavy (non-hydrogen) atoms. The quantitative estimate of drug-likeness (QED) is 0.252. The minimum absolute atomic E-state index is 0.0782. The second-order valence-electron chi connectivity index (χ2n) is 8.63. The van der Waals surface area contributed by atoms with Crippen molar-refractivity contribution in [3.05, 3.63) is 71.3 Å². The number of rotatable bonds is 13. The van der Waals surface area contributed by atoms with Gasteiger partial charge in [0.15, 0.2) is 0 Å². The number of anilines is 3. The van der Waals surface area contributed by atoms with Crippen molar-refractivity contribution in [1.29, 1.82) is 0 Å². The molecule has 0 aliphatic carbocycles. The molecule has 8 nitrogen and oxygen atoms in total. The van der Waals surface area contributed by atoms with Crippen LogP contribution in [-0.4, -0.2) is 35.4 Å². The van der Waals surface area contributed by atoms with E-state index < -0.39 is 0 Å². The van der Waals surface area contributed by atoms with Crippen molar-refractivity contribution in [3.63, 3.8) is 0 Å². The highest BCUT2D eigenvalue weighted by atomic mass is 16.5. The third-order valence-corrected chi connectivity index (χ3v) is 5.65. The highest BCUT2D eigenvalue weighted by molar-refractivity contribution is 6.05. The first-order chi connectivity index (χ1) is 17.5. The fourth-order valence-electron chi connectivity index (χ4n) is 3.54. The summed E-state index contributed by atoms with van der Waals surface area (Å²) in [6, 6.07) is 15.8. The highest BCUT2D eigenvalue weighted by Gasteiger charge is 2.13. The Bertz CT molecular complexity index is 1130. The van der Waals surface area contributed by atoms with E-state index >= 15 is 0 Å². The van der Waals surface area contributed by atoms with Gasteiger partial charge in [-0.15, -0.1) is 0 Å². The van der Waals surface area contributed by atoms with E-state index in [0.29, 0.717) is 23.6 Å². The van der Waals surface area contributed by atoms with Gasteiger partial charge in [-0.3, -0.25) is 14.9 Å². The molecule has 0 radical (unpaired) electrons. The van der Waals surface area contributed by atoms with E-state index in [4.69, 9.17) is 4.74 Å². The molecule has 190 valence electrons. The molecule has 8 heteroatoms. The largest absolute Gasteiger partial charge is 0.494 e. The van der Waals surface area contributed by atoms with E-state index in [0.717, 1.165) is 17.7 Å². The average molecular weight is 490 g/mol. The van der Waals surface area contributed by atoms with Gasteiger partial charge in [0.2, 0.25) is 5.95 Å². The molecular formula is C28H35N5O3. The Hall–Kier alpha value is -3.94. The van der Waals surface area contributed by atoms with Crippen LogP contribution in [0.4, 0.5) is 17.6 Å². The summed E-state index contributed by atoms with van der Waals surface area (Å²) >= 11 is 0. The maximum Gasteiger partial charge on any atom is 0.258 e.